The van der Waals surface area contributed by atoms with Crippen LogP contribution in [0.4, 0.5) is 0 Å². The van der Waals surface area contributed by atoms with E-state index in [-0.39, 0.29) is 18.2 Å². The minimum absolute atomic E-state index is 0.0280. The maximum absolute atomic E-state index is 11.7. The summed E-state index contributed by atoms with van der Waals surface area (Å²) in [6.45, 7) is 1.80. The molecule has 0 saturated heterocycles. The van der Waals surface area contributed by atoms with Crippen LogP contribution in [-0.4, -0.2) is 18.9 Å². The van der Waals surface area contributed by atoms with Gasteiger partial charge in [-0.25, -0.2) is 0 Å². The Morgan fingerprint density at radius 1 is 1.38 bits per heavy atom. The first-order valence-electron chi connectivity index (χ1n) is 4.97. The molecule has 4 heteroatoms. The Hall–Kier alpha value is -1.16. The summed E-state index contributed by atoms with van der Waals surface area (Å²) in [4.78, 5) is 22.9. The van der Waals surface area contributed by atoms with E-state index >= 15 is 0 Å². The minimum Gasteiger partial charge on any atom is -0.469 e. The van der Waals surface area contributed by atoms with E-state index < -0.39 is 0 Å². The highest BCUT2D eigenvalue weighted by atomic mass is 79.9. The molecular weight excluding hydrogens is 272 g/mol. The zero-order valence-corrected chi connectivity index (χ0v) is 10.8. The molecule has 86 valence electrons. The van der Waals surface area contributed by atoms with Gasteiger partial charge in [-0.15, -0.1) is 0 Å². The fourth-order valence-electron chi connectivity index (χ4n) is 1.41. The van der Waals surface area contributed by atoms with E-state index in [0.717, 1.165) is 4.47 Å². The van der Waals surface area contributed by atoms with Gasteiger partial charge in [-0.05, 0) is 11.6 Å². The number of methoxy groups -OCH3 is 1. The Kier molecular flexibility index (Phi) is 4.68. The van der Waals surface area contributed by atoms with Gasteiger partial charge in [-0.2, -0.15) is 0 Å². The van der Waals surface area contributed by atoms with Gasteiger partial charge in [0.2, 0.25) is 0 Å². The van der Waals surface area contributed by atoms with Gasteiger partial charge in [-0.3, -0.25) is 9.59 Å². The third-order valence-corrected chi connectivity index (χ3v) is 3.03. The van der Waals surface area contributed by atoms with Crippen molar-refractivity contribution in [1.29, 1.82) is 0 Å². The average molecular weight is 285 g/mol. The molecule has 0 amide bonds. The number of benzene rings is 1. The van der Waals surface area contributed by atoms with Crippen molar-refractivity contribution >= 4 is 27.7 Å². The second-order valence-electron chi connectivity index (χ2n) is 3.30. The Morgan fingerprint density at radius 2 is 2.06 bits per heavy atom. The monoisotopic (exact) mass is 284 g/mol. The molecule has 0 heterocycles. The molecule has 1 rings (SSSR count). The Morgan fingerprint density at radius 3 is 2.62 bits per heavy atom. The minimum atomic E-state index is -0.350. The van der Waals surface area contributed by atoms with Gasteiger partial charge in [0.15, 0.2) is 5.78 Å². The number of carbonyl (C=O) groups is 2. The van der Waals surface area contributed by atoms with Crippen LogP contribution in [0.1, 0.15) is 29.3 Å². The van der Waals surface area contributed by atoms with Crippen molar-refractivity contribution in [2.75, 3.05) is 7.11 Å². The molecule has 0 N–H and O–H groups in total. The van der Waals surface area contributed by atoms with Gasteiger partial charge >= 0.3 is 5.97 Å². The fraction of sp³-hybridized carbons (Fsp3) is 0.333. The quantitative estimate of drug-likeness (QED) is 0.631. The maximum Gasteiger partial charge on any atom is 0.310 e. The maximum atomic E-state index is 11.7. The molecule has 0 spiro atoms. The van der Waals surface area contributed by atoms with Crippen molar-refractivity contribution in [3.8, 4) is 0 Å². The van der Waals surface area contributed by atoms with E-state index in [1.807, 2.05) is 6.07 Å². The number of hydrogen-bond donors (Lipinski definition) is 0. The lowest BCUT2D eigenvalue weighted by molar-refractivity contribution is -0.139. The molecular formula is C12H13BrO3. The van der Waals surface area contributed by atoms with Gasteiger partial charge in [0, 0.05) is 16.5 Å². The first-order chi connectivity index (χ1) is 7.60. The van der Waals surface area contributed by atoms with E-state index in [9.17, 15) is 9.59 Å². The van der Waals surface area contributed by atoms with Crippen LogP contribution < -0.4 is 0 Å². The molecule has 0 aromatic heterocycles. The number of Topliss-reactive ketones (excluding diaryl/α,β-unsaturated/α-hetero) is 1. The summed E-state index contributed by atoms with van der Waals surface area (Å²) in [6, 6.07) is 5.33. The van der Waals surface area contributed by atoms with Gasteiger partial charge in [0.05, 0.1) is 13.5 Å². The van der Waals surface area contributed by atoms with Crippen molar-refractivity contribution in [2.24, 2.45) is 0 Å². The summed E-state index contributed by atoms with van der Waals surface area (Å²) in [5.41, 5.74) is 1.28. The summed E-state index contributed by atoms with van der Waals surface area (Å²) in [5.74, 6) is -0.322. The number of esters is 1. The summed E-state index contributed by atoms with van der Waals surface area (Å²) >= 11 is 3.34. The molecule has 0 fully saturated rings. The van der Waals surface area contributed by atoms with E-state index in [1.165, 1.54) is 7.11 Å². The number of halogens is 1. The summed E-state index contributed by atoms with van der Waals surface area (Å²) in [6.07, 6.45) is 0.531. The van der Waals surface area contributed by atoms with Gasteiger partial charge in [0.25, 0.3) is 0 Å². The lowest BCUT2D eigenvalue weighted by Crippen LogP contribution is -2.10. The summed E-state index contributed by atoms with van der Waals surface area (Å²) < 4.78 is 5.37. The van der Waals surface area contributed by atoms with Crippen molar-refractivity contribution in [3.63, 3.8) is 0 Å². The first-order valence-corrected chi connectivity index (χ1v) is 5.76. The SMILES string of the molecule is CCC(=O)c1cccc(Br)c1CC(=O)OC. The zero-order valence-electron chi connectivity index (χ0n) is 9.25. The van der Waals surface area contributed by atoms with Gasteiger partial charge in [0.1, 0.15) is 0 Å². The molecule has 0 unspecified atom stereocenters. The van der Waals surface area contributed by atoms with Crippen LogP contribution in [0.3, 0.4) is 0 Å². The van der Waals surface area contributed by atoms with Crippen LogP contribution in [0.25, 0.3) is 0 Å². The topological polar surface area (TPSA) is 43.4 Å². The highest BCUT2D eigenvalue weighted by molar-refractivity contribution is 9.10. The normalized spacial score (nSPS) is 9.94. The summed E-state index contributed by atoms with van der Waals surface area (Å²) in [7, 11) is 1.33. The predicted octanol–water partition coefficient (Wildman–Crippen LogP) is 2.76. The van der Waals surface area contributed by atoms with Crippen LogP contribution in [0.2, 0.25) is 0 Å². The Bertz CT molecular complexity index is 413. The van der Waals surface area contributed by atoms with E-state index in [2.05, 4.69) is 20.7 Å². The van der Waals surface area contributed by atoms with Crippen LogP contribution in [0.15, 0.2) is 22.7 Å². The van der Waals surface area contributed by atoms with Crippen LogP contribution in [0, 0.1) is 0 Å². The van der Waals surface area contributed by atoms with Crippen molar-refractivity contribution < 1.29 is 14.3 Å². The standard InChI is InChI=1S/C12H13BrO3/c1-3-11(14)8-5-4-6-10(13)9(8)7-12(15)16-2/h4-6H,3,7H2,1-2H3. The van der Waals surface area contributed by atoms with E-state index in [0.29, 0.717) is 17.5 Å². The summed E-state index contributed by atoms with van der Waals surface area (Å²) in [5, 5.41) is 0. The molecule has 3 nitrogen and oxygen atoms in total. The van der Waals surface area contributed by atoms with Crippen LogP contribution in [0.5, 0.6) is 0 Å². The van der Waals surface area contributed by atoms with E-state index in [1.54, 1.807) is 19.1 Å². The van der Waals surface area contributed by atoms with E-state index in [4.69, 9.17) is 0 Å². The van der Waals surface area contributed by atoms with Crippen molar-refractivity contribution in [3.05, 3.63) is 33.8 Å². The van der Waals surface area contributed by atoms with Gasteiger partial charge < -0.3 is 4.74 Å². The number of ketones is 1. The number of carbonyl (C=O) groups excluding carboxylic acids is 2. The highest BCUT2D eigenvalue weighted by Gasteiger charge is 2.15. The molecule has 0 aliphatic rings. The number of ether oxygens (including phenoxy) is 1. The molecule has 16 heavy (non-hydrogen) atoms. The second kappa shape index (κ2) is 5.80. The highest BCUT2D eigenvalue weighted by Crippen LogP contribution is 2.22. The fourth-order valence-corrected chi connectivity index (χ4v) is 1.91. The first kappa shape index (κ1) is 12.9. The molecule has 0 radical (unpaired) electrons. The lowest BCUT2D eigenvalue weighted by Gasteiger charge is -2.08. The molecule has 0 aliphatic carbocycles. The van der Waals surface area contributed by atoms with Crippen LogP contribution >= 0.6 is 15.9 Å². The smallest absolute Gasteiger partial charge is 0.310 e. The third-order valence-electron chi connectivity index (χ3n) is 2.29. The molecule has 0 bridgehead atoms. The molecule has 1 aromatic rings. The van der Waals surface area contributed by atoms with Crippen molar-refractivity contribution in [1.82, 2.24) is 0 Å². The predicted molar refractivity (Wildman–Crippen MR) is 64.5 cm³/mol. The largest absolute Gasteiger partial charge is 0.469 e. The number of rotatable bonds is 4. The van der Waals surface area contributed by atoms with Crippen molar-refractivity contribution in [2.45, 2.75) is 19.8 Å². The third kappa shape index (κ3) is 2.92. The lowest BCUT2D eigenvalue weighted by atomic mass is 10.00. The molecule has 0 aliphatic heterocycles. The average Bonchev–Trinajstić information content (AvgIpc) is 2.30. The molecule has 1 aromatic carbocycles. The van der Waals surface area contributed by atoms with Crippen LogP contribution in [-0.2, 0) is 16.0 Å². The number of hydrogen-bond acceptors (Lipinski definition) is 3. The Labute approximate surface area is 103 Å². The Balaban J connectivity index is 3.13. The van der Waals surface area contributed by atoms with Gasteiger partial charge in [-0.1, -0.05) is 35.0 Å². The second-order valence-corrected chi connectivity index (χ2v) is 4.15. The molecule has 0 saturated carbocycles. The zero-order chi connectivity index (χ0) is 12.1. The molecule has 0 atom stereocenters.